The molecule has 0 aliphatic carbocycles. The summed E-state index contributed by atoms with van der Waals surface area (Å²) in [4.78, 5) is 2.62. The highest BCUT2D eigenvalue weighted by atomic mass is 32.2. The number of rotatable bonds is 5. The molecule has 0 aromatic rings. The van der Waals surface area contributed by atoms with Gasteiger partial charge in [0.2, 0.25) is 0 Å². The number of hydrogen-bond acceptors (Lipinski definition) is 3. The minimum atomic E-state index is 0.740. The summed E-state index contributed by atoms with van der Waals surface area (Å²) in [6.07, 6.45) is 0. The zero-order valence-electron chi connectivity index (χ0n) is 10.6. The van der Waals surface area contributed by atoms with E-state index in [1.54, 1.807) is 0 Å². The van der Waals surface area contributed by atoms with Crippen molar-refractivity contribution in [3.05, 3.63) is 0 Å². The normalized spacial score (nSPS) is 28.6. The van der Waals surface area contributed by atoms with Crippen LogP contribution in [-0.2, 0) is 0 Å². The smallest absolute Gasteiger partial charge is 0.0184 e. The number of hydrogen-bond donors (Lipinski definition) is 1. The summed E-state index contributed by atoms with van der Waals surface area (Å²) in [6, 6.07) is 0.740. The Kier molecular flexibility index (Phi) is 6.02. The number of thioether (sulfide) groups is 1. The second-order valence-electron chi connectivity index (χ2n) is 4.95. The maximum Gasteiger partial charge on any atom is 0.0184 e. The van der Waals surface area contributed by atoms with Gasteiger partial charge in [0.1, 0.15) is 0 Å². The lowest BCUT2D eigenvalue weighted by atomic mass is 10.2. The topological polar surface area (TPSA) is 15.3 Å². The average molecular weight is 230 g/mol. The molecule has 0 aromatic heterocycles. The molecule has 1 saturated heterocycles. The van der Waals surface area contributed by atoms with Crippen molar-refractivity contribution in [2.75, 3.05) is 31.9 Å². The van der Waals surface area contributed by atoms with Gasteiger partial charge in [-0.05, 0) is 19.4 Å². The fraction of sp³-hybridized carbons (Fsp3) is 1.00. The molecule has 0 aromatic carbocycles. The lowest BCUT2D eigenvalue weighted by molar-refractivity contribution is 0.213. The van der Waals surface area contributed by atoms with E-state index in [4.69, 9.17) is 0 Å². The van der Waals surface area contributed by atoms with Gasteiger partial charge in [0.25, 0.3) is 0 Å². The van der Waals surface area contributed by atoms with Crippen LogP contribution >= 0.6 is 11.8 Å². The first-order valence-electron chi connectivity index (χ1n) is 6.17. The molecule has 1 N–H and O–H groups in total. The predicted molar refractivity (Wildman–Crippen MR) is 70.7 cm³/mol. The largest absolute Gasteiger partial charge is 0.315 e. The van der Waals surface area contributed by atoms with Crippen molar-refractivity contribution in [3.8, 4) is 0 Å². The molecule has 90 valence electrons. The fourth-order valence-corrected chi connectivity index (χ4v) is 3.09. The van der Waals surface area contributed by atoms with Crippen LogP contribution < -0.4 is 5.32 Å². The Morgan fingerprint density at radius 3 is 2.80 bits per heavy atom. The Hall–Kier alpha value is 0.270. The van der Waals surface area contributed by atoms with Crippen LogP contribution in [0.25, 0.3) is 0 Å². The minimum Gasteiger partial charge on any atom is -0.315 e. The molecule has 2 nitrogen and oxygen atoms in total. The van der Waals surface area contributed by atoms with Gasteiger partial charge in [0, 0.05) is 36.7 Å². The van der Waals surface area contributed by atoms with E-state index >= 15 is 0 Å². The second-order valence-corrected chi connectivity index (χ2v) is 6.44. The predicted octanol–water partition coefficient (Wildman–Crippen LogP) is 2.06. The van der Waals surface area contributed by atoms with Gasteiger partial charge in [-0.2, -0.15) is 11.8 Å². The van der Waals surface area contributed by atoms with E-state index in [2.05, 4.69) is 49.7 Å². The molecule has 3 heteroatoms. The van der Waals surface area contributed by atoms with E-state index in [1.165, 1.54) is 18.8 Å². The second kappa shape index (κ2) is 6.77. The first-order chi connectivity index (χ1) is 7.11. The SMILES string of the molecule is CC(C)CNCCN1CCSC(C)C1C. The summed E-state index contributed by atoms with van der Waals surface area (Å²) < 4.78 is 0. The van der Waals surface area contributed by atoms with Crippen LogP contribution in [0.15, 0.2) is 0 Å². The third kappa shape index (κ3) is 4.75. The Morgan fingerprint density at radius 1 is 1.40 bits per heavy atom. The van der Waals surface area contributed by atoms with Gasteiger partial charge in [0.15, 0.2) is 0 Å². The molecular formula is C12H26N2S. The molecule has 0 radical (unpaired) electrons. The molecule has 1 heterocycles. The van der Waals surface area contributed by atoms with Gasteiger partial charge in [-0.15, -0.1) is 0 Å². The molecule has 1 fully saturated rings. The third-order valence-corrected chi connectivity index (χ3v) is 4.48. The summed E-state index contributed by atoms with van der Waals surface area (Å²) in [5.74, 6) is 2.06. The molecule has 1 rings (SSSR count). The molecular weight excluding hydrogens is 204 g/mol. The molecule has 0 saturated carbocycles. The van der Waals surface area contributed by atoms with Crippen LogP contribution in [0.3, 0.4) is 0 Å². The van der Waals surface area contributed by atoms with E-state index in [9.17, 15) is 0 Å². The summed E-state index contributed by atoms with van der Waals surface area (Å²) >= 11 is 2.11. The van der Waals surface area contributed by atoms with E-state index < -0.39 is 0 Å². The Bertz CT molecular complexity index is 173. The fourth-order valence-electron chi connectivity index (χ4n) is 1.92. The van der Waals surface area contributed by atoms with Crippen molar-refractivity contribution < 1.29 is 0 Å². The molecule has 0 amide bonds. The minimum absolute atomic E-state index is 0.740. The van der Waals surface area contributed by atoms with Crippen LogP contribution in [-0.4, -0.2) is 48.1 Å². The average Bonchev–Trinajstić information content (AvgIpc) is 2.18. The third-order valence-electron chi connectivity index (χ3n) is 3.14. The highest BCUT2D eigenvalue weighted by molar-refractivity contribution is 8.00. The van der Waals surface area contributed by atoms with Crippen molar-refractivity contribution in [1.82, 2.24) is 10.2 Å². The quantitative estimate of drug-likeness (QED) is 0.728. The van der Waals surface area contributed by atoms with Gasteiger partial charge in [-0.25, -0.2) is 0 Å². The maximum absolute atomic E-state index is 3.52. The van der Waals surface area contributed by atoms with Crippen molar-refractivity contribution in [3.63, 3.8) is 0 Å². The molecule has 2 atom stereocenters. The Balaban J connectivity index is 2.14. The summed E-state index contributed by atoms with van der Waals surface area (Å²) in [7, 11) is 0. The summed E-state index contributed by atoms with van der Waals surface area (Å²) in [5.41, 5.74) is 0. The van der Waals surface area contributed by atoms with Crippen LogP contribution in [0.4, 0.5) is 0 Å². The standard InChI is InChI=1S/C12H26N2S/c1-10(2)9-13-5-6-14-7-8-15-12(4)11(14)3/h10-13H,5-9H2,1-4H3. The van der Waals surface area contributed by atoms with Crippen molar-refractivity contribution in [2.24, 2.45) is 5.92 Å². The van der Waals surface area contributed by atoms with Crippen LogP contribution in [0, 0.1) is 5.92 Å². The van der Waals surface area contributed by atoms with E-state index in [-0.39, 0.29) is 0 Å². The Labute approximate surface area is 99.2 Å². The van der Waals surface area contributed by atoms with Crippen LogP contribution in [0.5, 0.6) is 0 Å². The van der Waals surface area contributed by atoms with Gasteiger partial charge in [0.05, 0.1) is 0 Å². The van der Waals surface area contributed by atoms with Crippen molar-refractivity contribution >= 4 is 11.8 Å². The monoisotopic (exact) mass is 230 g/mol. The lowest BCUT2D eigenvalue weighted by Crippen LogP contribution is -2.47. The van der Waals surface area contributed by atoms with Crippen molar-refractivity contribution in [2.45, 2.75) is 39.0 Å². The maximum atomic E-state index is 3.52. The molecule has 15 heavy (non-hydrogen) atoms. The molecule has 0 bridgehead atoms. The van der Waals surface area contributed by atoms with Crippen molar-refractivity contribution in [1.29, 1.82) is 0 Å². The Morgan fingerprint density at radius 2 is 2.13 bits per heavy atom. The van der Waals surface area contributed by atoms with Gasteiger partial charge in [-0.3, -0.25) is 4.90 Å². The molecule has 1 aliphatic heterocycles. The lowest BCUT2D eigenvalue weighted by Gasteiger charge is -2.37. The first kappa shape index (κ1) is 13.3. The molecule has 2 unspecified atom stereocenters. The van der Waals surface area contributed by atoms with E-state index in [1.807, 2.05) is 0 Å². The van der Waals surface area contributed by atoms with Gasteiger partial charge < -0.3 is 5.32 Å². The van der Waals surface area contributed by atoms with E-state index in [0.29, 0.717) is 0 Å². The highest BCUT2D eigenvalue weighted by Crippen LogP contribution is 2.23. The first-order valence-corrected chi connectivity index (χ1v) is 7.22. The molecule has 0 spiro atoms. The van der Waals surface area contributed by atoms with Crippen LogP contribution in [0.2, 0.25) is 0 Å². The molecule has 1 aliphatic rings. The summed E-state index contributed by atoms with van der Waals surface area (Å²) in [6.45, 7) is 14.0. The highest BCUT2D eigenvalue weighted by Gasteiger charge is 2.24. The van der Waals surface area contributed by atoms with E-state index in [0.717, 1.165) is 30.3 Å². The number of nitrogens with zero attached hydrogens (tertiary/aromatic N) is 1. The van der Waals surface area contributed by atoms with Crippen LogP contribution in [0.1, 0.15) is 27.7 Å². The zero-order chi connectivity index (χ0) is 11.3. The summed E-state index contributed by atoms with van der Waals surface area (Å²) in [5, 5.41) is 4.31. The number of nitrogens with one attached hydrogen (secondary N) is 1. The zero-order valence-corrected chi connectivity index (χ0v) is 11.4. The van der Waals surface area contributed by atoms with Gasteiger partial charge >= 0.3 is 0 Å². The van der Waals surface area contributed by atoms with Gasteiger partial charge in [-0.1, -0.05) is 20.8 Å².